The Morgan fingerprint density at radius 1 is 1.21 bits per heavy atom. The van der Waals surface area contributed by atoms with Crippen molar-refractivity contribution >= 4 is 11.7 Å². The predicted molar refractivity (Wildman–Crippen MR) is 119 cm³/mol. The molecule has 0 N–H and O–H groups in total. The van der Waals surface area contributed by atoms with Crippen LogP contribution >= 0.6 is 0 Å². The average Bonchev–Trinajstić information content (AvgIpc) is 3.35. The van der Waals surface area contributed by atoms with E-state index in [2.05, 4.69) is 14.9 Å². The molecule has 10 heteroatoms. The number of aromatic nitrogens is 2. The predicted octanol–water partition coefficient (Wildman–Crippen LogP) is 3.23. The molecule has 1 aromatic carbocycles. The summed E-state index contributed by atoms with van der Waals surface area (Å²) < 4.78 is 50.4. The van der Waals surface area contributed by atoms with Crippen molar-refractivity contribution in [3.05, 3.63) is 52.5 Å². The Morgan fingerprint density at radius 3 is 2.62 bits per heavy atom. The smallest absolute Gasteiger partial charge is 0.381 e. The Balaban J connectivity index is 1.58. The van der Waals surface area contributed by atoms with Crippen LogP contribution in [0.3, 0.4) is 0 Å². The first kappa shape index (κ1) is 24.4. The highest BCUT2D eigenvalue weighted by atomic mass is 19.4. The maximum absolute atomic E-state index is 13.3. The summed E-state index contributed by atoms with van der Waals surface area (Å²) in [5.41, 5.74) is 1.24. The molecule has 1 atom stereocenters. The molecule has 184 valence electrons. The van der Waals surface area contributed by atoms with Crippen LogP contribution < -0.4 is 4.90 Å². The highest BCUT2D eigenvalue weighted by Gasteiger charge is 2.32. The SMILES string of the molecule is COCc1nc(C)nc(N2CCN(C(=O)C3CCOC3)CC2)c1Cc1cccc(C(F)(F)F)c1. The molecule has 2 aliphatic heterocycles. The van der Waals surface area contributed by atoms with Crippen molar-refractivity contribution in [2.45, 2.75) is 32.5 Å². The highest BCUT2D eigenvalue weighted by Crippen LogP contribution is 2.32. The Labute approximate surface area is 196 Å². The van der Waals surface area contributed by atoms with Gasteiger partial charge in [-0.05, 0) is 25.0 Å². The van der Waals surface area contributed by atoms with Crippen LogP contribution in [0.2, 0.25) is 0 Å². The summed E-state index contributed by atoms with van der Waals surface area (Å²) in [7, 11) is 1.56. The lowest BCUT2D eigenvalue weighted by molar-refractivity contribution is -0.137. The number of hydrogen-bond acceptors (Lipinski definition) is 6. The second kappa shape index (κ2) is 10.3. The number of methoxy groups -OCH3 is 1. The van der Waals surface area contributed by atoms with Crippen molar-refractivity contribution in [3.63, 3.8) is 0 Å². The fourth-order valence-electron chi connectivity index (χ4n) is 4.52. The molecule has 1 aromatic heterocycles. The fraction of sp³-hybridized carbons (Fsp3) is 0.542. The van der Waals surface area contributed by atoms with Gasteiger partial charge in [-0.3, -0.25) is 4.79 Å². The topological polar surface area (TPSA) is 67.8 Å². The first-order valence-electron chi connectivity index (χ1n) is 11.4. The average molecular weight is 479 g/mol. The first-order chi connectivity index (χ1) is 16.3. The largest absolute Gasteiger partial charge is 0.416 e. The quantitative estimate of drug-likeness (QED) is 0.635. The van der Waals surface area contributed by atoms with Gasteiger partial charge in [0.15, 0.2) is 0 Å². The van der Waals surface area contributed by atoms with Gasteiger partial charge in [-0.2, -0.15) is 13.2 Å². The van der Waals surface area contributed by atoms with Gasteiger partial charge in [0.2, 0.25) is 5.91 Å². The van der Waals surface area contributed by atoms with Crippen LogP contribution in [0, 0.1) is 12.8 Å². The minimum Gasteiger partial charge on any atom is -0.381 e. The Hall–Kier alpha value is -2.72. The number of nitrogens with zero attached hydrogens (tertiary/aromatic N) is 4. The number of ether oxygens (including phenoxy) is 2. The lowest BCUT2D eigenvalue weighted by Crippen LogP contribution is -2.51. The molecule has 0 aliphatic carbocycles. The molecule has 7 nitrogen and oxygen atoms in total. The van der Waals surface area contributed by atoms with Crippen molar-refractivity contribution in [1.82, 2.24) is 14.9 Å². The third-order valence-electron chi connectivity index (χ3n) is 6.27. The molecule has 2 aliphatic rings. The van der Waals surface area contributed by atoms with Crippen LogP contribution in [0.5, 0.6) is 0 Å². The van der Waals surface area contributed by atoms with Crippen molar-refractivity contribution in [1.29, 1.82) is 0 Å². The van der Waals surface area contributed by atoms with Gasteiger partial charge in [0.25, 0.3) is 0 Å². The summed E-state index contributed by atoms with van der Waals surface area (Å²) in [6.07, 6.45) is -3.41. The first-order valence-corrected chi connectivity index (χ1v) is 11.4. The molecular formula is C24H29F3N4O3. The fourth-order valence-corrected chi connectivity index (χ4v) is 4.52. The zero-order chi connectivity index (χ0) is 24.3. The second-order valence-corrected chi connectivity index (χ2v) is 8.70. The number of amides is 1. The molecular weight excluding hydrogens is 449 g/mol. The normalized spacial score (nSPS) is 19.0. The van der Waals surface area contributed by atoms with Crippen LogP contribution in [-0.2, 0) is 33.5 Å². The van der Waals surface area contributed by atoms with Gasteiger partial charge >= 0.3 is 6.18 Å². The van der Waals surface area contributed by atoms with Crippen molar-refractivity contribution in [2.75, 3.05) is 51.4 Å². The summed E-state index contributed by atoms with van der Waals surface area (Å²) in [5, 5.41) is 0. The van der Waals surface area contributed by atoms with E-state index in [1.54, 1.807) is 20.1 Å². The number of alkyl halides is 3. The third kappa shape index (κ3) is 5.50. The number of halogens is 3. The zero-order valence-corrected chi connectivity index (χ0v) is 19.4. The molecule has 1 amide bonds. The number of piperazine rings is 1. The summed E-state index contributed by atoms with van der Waals surface area (Å²) in [6.45, 7) is 5.39. The van der Waals surface area contributed by atoms with Crippen molar-refractivity contribution in [2.24, 2.45) is 5.92 Å². The molecule has 2 fully saturated rings. The van der Waals surface area contributed by atoms with Crippen LogP contribution in [-0.4, -0.2) is 67.3 Å². The molecule has 0 saturated carbocycles. The number of carbonyl (C=O) groups excluding carboxylic acids is 1. The lowest BCUT2D eigenvalue weighted by Gasteiger charge is -2.37. The monoisotopic (exact) mass is 478 g/mol. The van der Waals surface area contributed by atoms with E-state index in [1.807, 2.05) is 4.90 Å². The molecule has 0 radical (unpaired) electrons. The zero-order valence-electron chi connectivity index (χ0n) is 19.4. The number of benzene rings is 1. The summed E-state index contributed by atoms with van der Waals surface area (Å²) in [4.78, 5) is 25.9. The van der Waals surface area contributed by atoms with Crippen LogP contribution in [0.1, 0.15) is 34.6 Å². The van der Waals surface area contributed by atoms with E-state index in [1.165, 1.54) is 12.1 Å². The summed E-state index contributed by atoms with van der Waals surface area (Å²) >= 11 is 0. The van der Waals surface area contributed by atoms with E-state index >= 15 is 0 Å². The van der Waals surface area contributed by atoms with Gasteiger partial charge in [0, 0.05) is 51.9 Å². The molecule has 0 bridgehead atoms. The maximum Gasteiger partial charge on any atom is 0.416 e. The summed E-state index contributed by atoms with van der Waals surface area (Å²) in [5.74, 6) is 1.31. The standard InChI is InChI=1S/C24H29F3N4O3/c1-16-28-21(15-33-2)20(13-17-4-3-5-19(12-17)24(25,26)27)22(29-16)30-7-9-31(10-8-30)23(32)18-6-11-34-14-18/h3-5,12,18H,6-11,13-15H2,1-2H3. The molecule has 2 saturated heterocycles. The van der Waals surface area contributed by atoms with Gasteiger partial charge in [-0.15, -0.1) is 0 Å². The number of rotatable bonds is 6. The Morgan fingerprint density at radius 2 is 1.97 bits per heavy atom. The van der Waals surface area contributed by atoms with Crippen LogP contribution in [0.4, 0.5) is 19.0 Å². The summed E-state index contributed by atoms with van der Waals surface area (Å²) in [6, 6.07) is 5.33. The second-order valence-electron chi connectivity index (χ2n) is 8.70. The molecule has 4 rings (SSSR count). The van der Waals surface area contributed by atoms with E-state index in [0.717, 1.165) is 18.1 Å². The van der Waals surface area contributed by atoms with E-state index in [4.69, 9.17) is 9.47 Å². The Bertz CT molecular complexity index is 1020. The van der Waals surface area contributed by atoms with Gasteiger partial charge < -0.3 is 19.3 Å². The van der Waals surface area contributed by atoms with E-state index in [0.29, 0.717) is 62.3 Å². The molecule has 34 heavy (non-hydrogen) atoms. The third-order valence-corrected chi connectivity index (χ3v) is 6.27. The number of carbonyl (C=O) groups is 1. The van der Waals surface area contributed by atoms with Crippen molar-refractivity contribution in [3.8, 4) is 0 Å². The number of aryl methyl sites for hydroxylation is 1. The Kier molecular flexibility index (Phi) is 7.37. The maximum atomic E-state index is 13.3. The van der Waals surface area contributed by atoms with Crippen molar-refractivity contribution < 1.29 is 27.4 Å². The van der Waals surface area contributed by atoms with Gasteiger partial charge in [-0.25, -0.2) is 9.97 Å². The van der Waals surface area contributed by atoms with E-state index < -0.39 is 11.7 Å². The minimum absolute atomic E-state index is 0.0716. The molecule has 1 unspecified atom stereocenters. The number of hydrogen-bond donors (Lipinski definition) is 0. The van der Waals surface area contributed by atoms with Gasteiger partial charge in [-0.1, -0.05) is 18.2 Å². The van der Waals surface area contributed by atoms with Crippen LogP contribution in [0.15, 0.2) is 24.3 Å². The molecule has 3 heterocycles. The highest BCUT2D eigenvalue weighted by molar-refractivity contribution is 5.79. The van der Waals surface area contributed by atoms with E-state index in [9.17, 15) is 18.0 Å². The van der Waals surface area contributed by atoms with Crippen LogP contribution in [0.25, 0.3) is 0 Å². The van der Waals surface area contributed by atoms with E-state index in [-0.39, 0.29) is 24.9 Å². The van der Waals surface area contributed by atoms with Gasteiger partial charge in [0.1, 0.15) is 11.6 Å². The number of anilines is 1. The lowest BCUT2D eigenvalue weighted by atomic mass is 10.0. The molecule has 2 aromatic rings. The minimum atomic E-state index is -4.41. The van der Waals surface area contributed by atoms with Gasteiger partial charge in [0.05, 0.1) is 30.4 Å². The molecule has 0 spiro atoms.